The molecule has 25 heavy (non-hydrogen) atoms. The minimum absolute atomic E-state index is 0.276. The van der Waals surface area contributed by atoms with Gasteiger partial charge in [0, 0.05) is 11.4 Å². The van der Waals surface area contributed by atoms with E-state index < -0.39 is 5.97 Å². The number of ether oxygens (including phenoxy) is 1. The number of benzene rings is 1. The summed E-state index contributed by atoms with van der Waals surface area (Å²) in [6.45, 7) is 3.93. The molecule has 3 rings (SSSR count). The average molecular weight is 361 g/mol. The number of esters is 1. The number of para-hydroxylation sites is 2. The van der Waals surface area contributed by atoms with E-state index in [1.54, 1.807) is 6.92 Å². The lowest BCUT2D eigenvalue weighted by Crippen LogP contribution is -2.50. The van der Waals surface area contributed by atoms with Crippen molar-refractivity contribution in [1.29, 1.82) is 0 Å². The molecule has 1 aromatic carbocycles. The van der Waals surface area contributed by atoms with Crippen LogP contribution in [-0.2, 0) is 9.53 Å². The molecule has 0 saturated heterocycles. The normalized spacial score (nSPS) is 17.4. The van der Waals surface area contributed by atoms with Gasteiger partial charge in [-0.1, -0.05) is 30.8 Å². The van der Waals surface area contributed by atoms with E-state index in [1.165, 1.54) is 11.8 Å². The summed E-state index contributed by atoms with van der Waals surface area (Å²) in [6, 6.07) is 6.78. The number of carbonyl (C=O) groups is 2. The fraction of sp³-hybridized carbons (Fsp3) is 0.353. The lowest BCUT2D eigenvalue weighted by molar-refractivity contribution is -0.139. The van der Waals surface area contributed by atoms with Crippen LogP contribution in [0.1, 0.15) is 20.3 Å². The first-order chi connectivity index (χ1) is 12.1. The molecule has 8 heteroatoms. The number of thioether (sulfide) groups is 1. The second-order valence-corrected chi connectivity index (χ2v) is 6.33. The maximum atomic E-state index is 12.3. The maximum Gasteiger partial charge on any atom is 0.337 e. The first-order valence-corrected chi connectivity index (χ1v) is 9.07. The fourth-order valence-corrected chi connectivity index (χ4v) is 3.43. The Hall–Kier alpha value is -2.48. The third-order valence-electron chi connectivity index (χ3n) is 3.76. The van der Waals surface area contributed by atoms with Crippen molar-refractivity contribution in [2.45, 2.75) is 31.5 Å². The van der Waals surface area contributed by atoms with Gasteiger partial charge < -0.3 is 19.8 Å². The highest BCUT2D eigenvalue weighted by molar-refractivity contribution is 7.99. The van der Waals surface area contributed by atoms with Crippen molar-refractivity contribution in [2.75, 3.05) is 12.4 Å². The van der Waals surface area contributed by atoms with Crippen LogP contribution >= 0.6 is 11.8 Å². The number of nitrogens with zero attached hydrogens (tertiary/aromatic N) is 1. The molecule has 0 radical (unpaired) electrons. The number of hydrogen-bond acceptors (Lipinski definition) is 6. The highest BCUT2D eigenvalue weighted by Gasteiger charge is 2.31. The number of hydrogen-bond donors (Lipinski definition) is 2. The van der Waals surface area contributed by atoms with Crippen molar-refractivity contribution < 1.29 is 18.7 Å². The van der Waals surface area contributed by atoms with Gasteiger partial charge in [-0.2, -0.15) is 0 Å². The maximum absolute atomic E-state index is 12.3. The SMILES string of the molecule is CCOC(=O)C1=C(CSc2nc3ccccc3o2)NC(=O)N[C@H]1CC. The van der Waals surface area contributed by atoms with Gasteiger partial charge in [0.1, 0.15) is 5.52 Å². The minimum Gasteiger partial charge on any atom is -0.463 e. The van der Waals surface area contributed by atoms with Gasteiger partial charge in [-0.15, -0.1) is 0 Å². The summed E-state index contributed by atoms with van der Waals surface area (Å²) < 4.78 is 10.8. The van der Waals surface area contributed by atoms with Gasteiger partial charge in [0.05, 0.1) is 18.2 Å². The van der Waals surface area contributed by atoms with Crippen LogP contribution in [0.2, 0.25) is 0 Å². The summed E-state index contributed by atoms with van der Waals surface area (Å²) in [7, 11) is 0. The van der Waals surface area contributed by atoms with E-state index in [-0.39, 0.29) is 18.7 Å². The largest absolute Gasteiger partial charge is 0.463 e. The van der Waals surface area contributed by atoms with Crippen molar-refractivity contribution in [1.82, 2.24) is 15.6 Å². The molecule has 1 aliphatic rings. The number of nitrogens with one attached hydrogen (secondary N) is 2. The molecule has 2 amide bonds. The molecule has 2 aromatic rings. The molecule has 1 atom stereocenters. The van der Waals surface area contributed by atoms with Crippen molar-refractivity contribution in [3.8, 4) is 0 Å². The highest BCUT2D eigenvalue weighted by Crippen LogP contribution is 2.27. The lowest BCUT2D eigenvalue weighted by atomic mass is 10.0. The smallest absolute Gasteiger partial charge is 0.337 e. The Labute approximate surface area is 149 Å². The van der Waals surface area contributed by atoms with E-state index in [0.717, 1.165) is 5.52 Å². The van der Waals surface area contributed by atoms with Crippen LogP contribution in [0.5, 0.6) is 0 Å². The summed E-state index contributed by atoms with van der Waals surface area (Å²) in [5.74, 6) is -0.0692. The number of amides is 2. The zero-order chi connectivity index (χ0) is 17.8. The summed E-state index contributed by atoms with van der Waals surface area (Å²) in [6.07, 6.45) is 0.596. The van der Waals surface area contributed by atoms with Crippen LogP contribution in [0.4, 0.5) is 4.79 Å². The zero-order valence-electron chi connectivity index (χ0n) is 14.0. The molecule has 7 nitrogen and oxygen atoms in total. The van der Waals surface area contributed by atoms with Gasteiger partial charge in [0.15, 0.2) is 5.58 Å². The van der Waals surface area contributed by atoms with Gasteiger partial charge in [0.25, 0.3) is 5.22 Å². The second kappa shape index (κ2) is 7.60. The highest BCUT2D eigenvalue weighted by atomic mass is 32.2. The van der Waals surface area contributed by atoms with Crippen LogP contribution in [0.3, 0.4) is 0 Å². The molecule has 0 fully saturated rings. The number of oxazole rings is 1. The van der Waals surface area contributed by atoms with Crippen molar-refractivity contribution in [2.24, 2.45) is 0 Å². The Balaban J connectivity index is 1.84. The van der Waals surface area contributed by atoms with Crippen LogP contribution in [0.15, 0.2) is 45.2 Å². The molecule has 1 aromatic heterocycles. The van der Waals surface area contributed by atoms with Gasteiger partial charge in [-0.25, -0.2) is 14.6 Å². The Morgan fingerprint density at radius 2 is 2.16 bits per heavy atom. The van der Waals surface area contributed by atoms with E-state index in [4.69, 9.17) is 9.15 Å². The summed E-state index contributed by atoms with van der Waals surface area (Å²) in [5, 5.41) is 5.94. The molecule has 2 N–H and O–H groups in total. The van der Waals surface area contributed by atoms with Crippen molar-refractivity contribution in [3.05, 3.63) is 35.5 Å². The Kier molecular flexibility index (Phi) is 5.28. The average Bonchev–Trinajstić information content (AvgIpc) is 3.02. The molecular weight excluding hydrogens is 342 g/mol. The monoisotopic (exact) mass is 361 g/mol. The first-order valence-electron chi connectivity index (χ1n) is 8.08. The number of urea groups is 1. The molecular formula is C17H19N3O4S. The van der Waals surface area contributed by atoms with Gasteiger partial charge in [0.2, 0.25) is 0 Å². The van der Waals surface area contributed by atoms with Crippen molar-refractivity contribution >= 4 is 34.9 Å². The standard InChI is InChI=1S/C17H19N3O4S/c1-3-10-14(15(21)23-4-2)12(19-16(22)18-10)9-25-17-20-11-7-5-6-8-13(11)24-17/h5-8,10H,3-4,9H2,1-2H3,(H2,18,19,22)/t10-/m0/s1. The number of carbonyl (C=O) groups excluding carboxylic acids is 2. The molecule has 0 bridgehead atoms. The van der Waals surface area contributed by atoms with E-state index in [9.17, 15) is 9.59 Å². The summed E-state index contributed by atoms with van der Waals surface area (Å²) >= 11 is 1.32. The van der Waals surface area contributed by atoms with E-state index in [1.807, 2.05) is 31.2 Å². The Bertz CT molecular complexity index is 797. The minimum atomic E-state index is -0.421. The van der Waals surface area contributed by atoms with Crippen LogP contribution < -0.4 is 10.6 Å². The van der Waals surface area contributed by atoms with Crippen LogP contribution in [-0.4, -0.2) is 35.4 Å². The second-order valence-electron chi connectivity index (χ2n) is 5.41. The van der Waals surface area contributed by atoms with Gasteiger partial charge in [-0.05, 0) is 25.5 Å². The molecule has 0 aliphatic carbocycles. The summed E-state index contributed by atoms with van der Waals surface area (Å²) in [4.78, 5) is 28.6. The summed E-state index contributed by atoms with van der Waals surface area (Å²) in [5.41, 5.74) is 2.45. The fourth-order valence-electron chi connectivity index (χ4n) is 2.62. The van der Waals surface area contributed by atoms with E-state index in [2.05, 4.69) is 15.6 Å². The topological polar surface area (TPSA) is 93.5 Å². The van der Waals surface area contributed by atoms with E-state index >= 15 is 0 Å². The molecule has 2 heterocycles. The molecule has 0 saturated carbocycles. The number of rotatable bonds is 6. The van der Waals surface area contributed by atoms with Crippen LogP contribution in [0, 0.1) is 0 Å². The molecule has 0 spiro atoms. The van der Waals surface area contributed by atoms with Gasteiger partial charge in [-0.3, -0.25) is 0 Å². The van der Waals surface area contributed by atoms with E-state index in [0.29, 0.717) is 34.2 Å². The molecule has 132 valence electrons. The third kappa shape index (κ3) is 3.79. The zero-order valence-corrected chi connectivity index (χ0v) is 14.8. The van der Waals surface area contributed by atoms with Crippen molar-refractivity contribution in [3.63, 3.8) is 0 Å². The molecule has 0 unspecified atom stereocenters. The van der Waals surface area contributed by atoms with Crippen LogP contribution in [0.25, 0.3) is 11.1 Å². The Morgan fingerprint density at radius 3 is 2.88 bits per heavy atom. The number of fused-ring (bicyclic) bond motifs is 1. The predicted octanol–water partition coefficient (Wildman–Crippen LogP) is 2.83. The number of aromatic nitrogens is 1. The Morgan fingerprint density at radius 1 is 1.36 bits per heavy atom. The predicted molar refractivity (Wildman–Crippen MR) is 94.1 cm³/mol. The lowest BCUT2D eigenvalue weighted by Gasteiger charge is -2.28. The van der Waals surface area contributed by atoms with Gasteiger partial charge >= 0.3 is 12.0 Å². The first kappa shape index (κ1) is 17.3. The third-order valence-corrected chi connectivity index (χ3v) is 4.62. The molecule has 1 aliphatic heterocycles. The quantitative estimate of drug-likeness (QED) is 0.607.